The van der Waals surface area contributed by atoms with Crippen LogP contribution < -0.4 is 5.32 Å². The number of hydrogen-bond donors (Lipinski definition) is 1. The van der Waals surface area contributed by atoms with E-state index in [2.05, 4.69) is 5.32 Å². The van der Waals surface area contributed by atoms with Crippen molar-refractivity contribution >= 4 is 10.0 Å². The monoisotopic (exact) mass is 244 g/mol. The Hall–Kier alpha value is -0.130. The second-order valence-corrected chi connectivity index (χ2v) is 7.52. The van der Waals surface area contributed by atoms with Crippen molar-refractivity contribution in [2.75, 3.05) is 25.4 Å². The first-order valence-electron chi connectivity index (χ1n) is 6.36. The Labute approximate surface area is 97.4 Å². The van der Waals surface area contributed by atoms with Crippen LogP contribution >= 0.6 is 0 Å². The van der Waals surface area contributed by atoms with Gasteiger partial charge in [0.1, 0.15) is 0 Å². The minimum Gasteiger partial charge on any atom is -0.312 e. The van der Waals surface area contributed by atoms with E-state index in [0.717, 1.165) is 25.9 Å². The Kier molecular flexibility index (Phi) is 2.72. The fourth-order valence-corrected chi connectivity index (χ4v) is 4.87. The zero-order valence-corrected chi connectivity index (χ0v) is 10.4. The van der Waals surface area contributed by atoms with Crippen LogP contribution in [-0.2, 0) is 10.0 Å². The van der Waals surface area contributed by atoms with Crippen LogP contribution in [0.15, 0.2) is 0 Å². The van der Waals surface area contributed by atoms with Crippen LogP contribution in [0.5, 0.6) is 0 Å². The van der Waals surface area contributed by atoms with Crippen molar-refractivity contribution < 1.29 is 8.42 Å². The molecule has 3 rings (SSSR count). The standard InChI is InChI=1S/C11H20N2O2S/c14-16(15,8-9-3-4-9)13-6-10-2-1-5-12-11(10)7-13/h9-12H,1-8H2. The van der Waals surface area contributed by atoms with Gasteiger partial charge in [-0.05, 0) is 44.1 Å². The van der Waals surface area contributed by atoms with E-state index in [4.69, 9.17) is 0 Å². The molecule has 1 aliphatic carbocycles. The highest BCUT2D eigenvalue weighted by Gasteiger charge is 2.41. The zero-order chi connectivity index (χ0) is 11.2. The van der Waals surface area contributed by atoms with Crippen molar-refractivity contribution in [3.8, 4) is 0 Å². The number of nitrogens with one attached hydrogen (secondary N) is 1. The van der Waals surface area contributed by atoms with E-state index in [1.54, 1.807) is 4.31 Å². The summed E-state index contributed by atoms with van der Waals surface area (Å²) in [5.41, 5.74) is 0. The summed E-state index contributed by atoms with van der Waals surface area (Å²) in [6.45, 7) is 2.52. The molecule has 5 heteroatoms. The molecule has 2 heterocycles. The molecule has 4 nitrogen and oxygen atoms in total. The predicted molar refractivity (Wildman–Crippen MR) is 62.6 cm³/mol. The second kappa shape index (κ2) is 3.96. The van der Waals surface area contributed by atoms with Crippen molar-refractivity contribution in [3.05, 3.63) is 0 Å². The van der Waals surface area contributed by atoms with E-state index in [0.29, 0.717) is 30.2 Å². The zero-order valence-electron chi connectivity index (χ0n) is 9.56. The minimum atomic E-state index is -2.96. The largest absolute Gasteiger partial charge is 0.312 e. The Morgan fingerprint density at radius 2 is 2.00 bits per heavy atom. The summed E-state index contributed by atoms with van der Waals surface area (Å²) in [4.78, 5) is 0. The summed E-state index contributed by atoms with van der Waals surface area (Å²) in [6, 6.07) is 0.419. The summed E-state index contributed by atoms with van der Waals surface area (Å²) in [5, 5.41) is 3.45. The van der Waals surface area contributed by atoms with Crippen molar-refractivity contribution in [3.63, 3.8) is 0 Å². The SMILES string of the molecule is O=S(=O)(CC1CC1)N1CC2CCCNC2C1. The van der Waals surface area contributed by atoms with Gasteiger partial charge in [-0.25, -0.2) is 12.7 Å². The van der Waals surface area contributed by atoms with Crippen LogP contribution in [-0.4, -0.2) is 44.2 Å². The van der Waals surface area contributed by atoms with E-state index in [1.165, 1.54) is 12.8 Å². The number of fused-ring (bicyclic) bond motifs is 1. The fourth-order valence-electron chi connectivity index (χ4n) is 2.92. The van der Waals surface area contributed by atoms with E-state index in [1.807, 2.05) is 0 Å². The van der Waals surface area contributed by atoms with Gasteiger partial charge in [0.15, 0.2) is 0 Å². The van der Waals surface area contributed by atoms with Crippen LogP contribution in [0.3, 0.4) is 0 Å². The Morgan fingerprint density at radius 3 is 2.69 bits per heavy atom. The molecule has 0 aromatic rings. The minimum absolute atomic E-state index is 0.395. The smallest absolute Gasteiger partial charge is 0.214 e. The number of sulfonamides is 1. The third kappa shape index (κ3) is 2.13. The van der Waals surface area contributed by atoms with Gasteiger partial charge in [-0.3, -0.25) is 0 Å². The molecule has 92 valence electrons. The molecule has 3 fully saturated rings. The lowest BCUT2D eigenvalue weighted by Crippen LogP contribution is -2.41. The van der Waals surface area contributed by atoms with E-state index < -0.39 is 10.0 Å². The molecular formula is C11H20N2O2S. The van der Waals surface area contributed by atoms with Crippen LogP contribution in [0, 0.1) is 11.8 Å². The summed E-state index contributed by atoms with van der Waals surface area (Å²) >= 11 is 0. The topological polar surface area (TPSA) is 49.4 Å². The summed E-state index contributed by atoms with van der Waals surface area (Å²) in [7, 11) is -2.96. The maximum Gasteiger partial charge on any atom is 0.214 e. The van der Waals surface area contributed by atoms with Crippen molar-refractivity contribution in [2.45, 2.75) is 31.7 Å². The third-order valence-corrected chi connectivity index (χ3v) is 6.08. The van der Waals surface area contributed by atoms with Gasteiger partial charge in [-0.15, -0.1) is 0 Å². The maximum atomic E-state index is 12.1. The molecular weight excluding hydrogens is 224 g/mol. The van der Waals surface area contributed by atoms with Gasteiger partial charge < -0.3 is 5.32 Å². The molecule has 1 N–H and O–H groups in total. The number of nitrogens with zero attached hydrogens (tertiary/aromatic N) is 1. The maximum absolute atomic E-state index is 12.1. The molecule has 2 aliphatic heterocycles. The first kappa shape index (κ1) is 11.0. The van der Waals surface area contributed by atoms with E-state index in [9.17, 15) is 8.42 Å². The van der Waals surface area contributed by atoms with Gasteiger partial charge in [-0.1, -0.05) is 0 Å². The van der Waals surface area contributed by atoms with E-state index >= 15 is 0 Å². The van der Waals surface area contributed by atoms with E-state index in [-0.39, 0.29) is 0 Å². The van der Waals surface area contributed by atoms with Crippen molar-refractivity contribution in [2.24, 2.45) is 11.8 Å². The van der Waals surface area contributed by atoms with Gasteiger partial charge in [0, 0.05) is 19.1 Å². The molecule has 2 unspecified atom stereocenters. The third-order valence-electron chi connectivity index (χ3n) is 4.10. The quantitative estimate of drug-likeness (QED) is 0.782. The van der Waals surface area contributed by atoms with Gasteiger partial charge in [0.2, 0.25) is 10.0 Å². The molecule has 0 spiro atoms. The lowest BCUT2D eigenvalue weighted by molar-refractivity contribution is 0.339. The molecule has 16 heavy (non-hydrogen) atoms. The predicted octanol–water partition coefficient (Wildman–Crippen LogP) is 0.410. The number of rotatable bonds is 3. The Morgan fingerprint density at radius 1 is 1.19 bits per heavy atom. The average Bonchev–Trinajstić information content (AvgIpc) is 2.94. The van der Waals surface area contributed by atoms with Crippen LogP contribution in [0.4, 0.5) is 0 Å². The Balaban J connectivity index is 1.67. The van der Waals surface area contributed by atoms with Gasteiger partial charge >= 0.3 is 0 Å². The highest BCUT2D eigenvalue weighted by molar-refractivity contribution is 7.89. The normalized spacial score (nSPS) is 36.2. The van der Waals surface area contributed by atoms with Crippen molar-refractivity contribution in [1.82, 2.24) is 9.62 Å². The fraction of sp³-hybridized carbons (Fsp3) is 1.00. The highest BCUT2D eigenvalue weighted by atomic mass is 32.2. The van der Waals surface area contributed by atoms with Gasteiger partial charge in [-0.2, -0.15) is 0 Å². The summed E-state index contributed by atoms with van der Waals surface area (Å²) in [6.07, 6.45) is 4.60. The van der Waals surface area contributed by atoms with Gasteiger partial charge in [0.25, 0.3) is 0 Å². The second-order valence-electron chi connectivity index (χ2n) is 5.50. The first-order valence-corrected chi connectivity index (χ1v) is 7.97. The van der Waals surface area contributed by atoms with Crippen LogP contribution in [0.1, 0.15) is 25.7 Å². The average molecular weight is 244 g/mol. The number of piperidine rings is 1. The van der Waals surface area contributed by atoms with Gasteiger partial charge in [0.05, 0.1) is 5.75 Å². The highest BCUT2D eigenvalue weighted by Crippen LogP contribution is 2.33. The molecule has 2 saturated heterocycles. The molecule has 0 aromatic carbocycles. The molecule has 2 atom stereocenters. The van der Waals surface area contributed by atoms with Crippen molar-refractivity contribution in [1.29, 1.82) is 0 Å². The molecule has 0 bridgehead atoms. The summed E-state index contributed by atoms with van der Waals surface area (Å²) in [5.74, 6) is 1.41. The first-order chi connectivity index (χ1) is 7.65. The molecule has 0 radical (unpaired) electrons. The summed E-state index contributed by atoms with van der Waals surface area (Å²) < 4.78 is 26.0. The van der Waals surface area contributed by atoms with Crippen LogP contribution in [0.2, 0.25) is 0 Å². The number of hydrogen-bond acceptors (Lipinski definition) is 3. The molecule has 0 amide bonds. The Bertz CT molecular complexity index is 350. The lowest BCUT2D eigenvalue weighted by Gasteiger charge is -2.24. The lowest BCUT2D eigenvalue weighted by atomic mass is 9.94. The molecule has 1 saturated carbocycles. The molecule has 3 aliphatic rings. The van der Waals surface area contributed by atoms with Crippen LogP contribution in [0.25, 0.3) is 0 Å². The molecule has 0 aromatic heterocycles.